The van der Waals surface area contributed by atoms with Gasteiger partial charge in [-0.2, -0.15) is 0 Å². The lowest BCUT2D eigenvalue weighted by molar-refractivity contribution is -0.0800. The summed E-state index contributed by atoms with van der Waals surface area (Å²) >= 11 is 0. The minimum atomic E-state index is -0.443. The van der Waals surface area contributed by atoms with Gasteiger partial charge < -0.3 is 18.9 Å². The normalized spacial score (nSPS) is 31.2. The van der Waals surface area contributed by atoms with Crippen LogP contribution in [0.3, 0.4) is 0 Å². The zero-order chi connectivity index (χ0) is 14.3. The molecule has 1 saturated heterocycles. The Morgan fingerprint density at radius 1 is 1.21 bits per heavy atom. The van der Waals surface area contributed by atoms with E-state index in [0.717, 1.165) is 6.42 Å². The molecule has 1 aliphatic rings. The lowest BCUT2D eigenvalue weighted by Crippen LogP contribution is -2.39. The molecule has 2 radical (unpaired) electrons. The molecule has 0 saturated carbocycles. The van der Waals surface area contributed by atoms with Crippen LogP contribution < -0.4 is 0 Å². The molecule has 0 aromatic rings. The molecule has 0 aromatic heterocycles. The van der Waals surface area contributed by atoms with Crippen molar-refractivity contribution in [2.75, 3.05) is 20.3 Å². The Bertz CT molecular complexity index is 237. The van der Waals surface area contributed by atoms with Crippen molar-refractivity contribution in [3.8, 4) is 0 Å². The van der Waals surface area contributed by atoms with Crippen molar-refractivity contribution < 1.29 is 18.9 Å². The Morgan fingerprint density at radius 3 is 2.53 bits per heavy atom. The van der Waals surface area contributed by atoms with E-state index < -0.39 is 6.00 Å². The summed E-state index contributed by atoms with van der Waals surface area (Å²) in [6.07, 6.45) is 3.06. The SMILES string of the molecule is [B][C@@H]1O[C@H](COC(C)C)C(OCCCCC)C1OC. The molecule has 0 N–H and O–H groups in total. The molecule has 1 rings (SSSR count). The maximum Gasteiger partial charge on any atom is 0.114 e. The average molecular weight is 270 g/mol. The molecule has 0 aliphatic carbocycles. The number of methoxy groups -OCH3 is 1. The first-order valence-electron chi connectivity index (χ1n) is 7.27. The molecule has 110 valence electrons. The van der Waals surface area contributed by atoms with Gasteiger partial charge in [-0.05, 0) is 20.3 Å². The molecule has 5 heteroatoms. The summed E-state index contributed by atoms with van der Waals surface area (Å²) in [4.78, 5) is 0. The standard InChI is InChI=1S/C14H27BO4/c1-5-6-7-8-17-12-11(9-18-10(2)3)19-14(15)13(12)16-4/h10-14H,5-9H2,1-4H3/t11-,12?,13?,14-/m1/s1. The molecular weight excluding hydrogens is 243 g/mol. The molecule has 1 heterocycles. The van der Waals surface area contributed by atoms with Gasteiger partial charge in [0.15, 0.2) is 0 Å². The average Bonchev–Trinajstić information content (AvgIpc) is 2.67. The van der Waals surface area contributed by atoms with Gasteiger partial charge in [-0.3, -0.25) is 0 Å². The lowest BCUT2D eigenvalue weighted by Gasteiger charge is -2.23. The highest BCUT2D eigenvalue weighted by Crippen LogP contribution is 2.25. The maximum absolute atomic E-state index is 5.92. The van der Waals surface area contributed by atoms with Crippen LogP contribution in [0.25, 0.3) is 0 Å². The highest BCUT2D eigenvalue weighted by atomic mass is 16.6. The minimum Gasteiger partial charge on any atom is -0.377 e. The molecule has 0 spiro atoms. The first kappa shape index (κ1) is 17.0. The van der Waals surface area contributed by atoms with Crippen molar-refractivity contribution in [3.05, 3.63) is 0 Å². The van der Waals surface area contributed by atoms with Gasteiger partial charge in [-0.1, -0.05) is 19.8 Å². The summed E-state index contributed by atoms with van der Waals surface area (Å²) in [5.74, 6) is 0. The van der Waals surface area contributed by atoms with Crippen molar-refractivity contribution in [2.24, 2.45) is 0 Å². The Balaban J connectivity index is 2.46. The van der Waals surface area contributed by atoms with Gasteiger partial charge in [0, 0.05) is 19.7 Å². The van der Waals surface area contributed by atoms with E-state index in [-0.39, 0.29) is 24.4 Å². The highest BCUT2D eigenvalue weighted by Gasteiger charge is 2.43. The predicted octanol–water partition coefficient (Wildman–Crippen LogP) is 1.90. The van der Waals surface area contributed by atoms with Crippen molar-refractivity contribution in [2.45, 2.75) is 70.5 Å². The van der Waals surface area contributed by atoms with Crippen LogP contribution >= 0.6 is 0 Å². The molecule has 1 fully saturated rings. The smallest absolute Gasteiger partial charge is 0.114 e. The highest BCUT2D eigenvalue weighted by molar-refractivity contribution is 6.11. The fourth-order valence-corrected chi connectivity index (χ4v) is 2.22. The first-order chi connectivity index (χ1) is 9.10. The molecule has 0 bridgehead atoms. The zero-order valence-corrected chi connectivity index (χ0v) is 12.6. The van der Waals surface area contributed by atoms with Crippen LogP contribution in [-0.2, 0) is 18.9 Å². The monoisotopic (exact) mass is 270 g/mol. The van der Waals surface area contributed by atoms with E-state index in [1.54, 1.807) is 7.11 Å². The van der Waals surface area contributed by atoms with Crippen LogP contribution in [-0.4, -0.2) is 58.6 Å². The zero-order valence-electron chi connectivity index (χ0n) is 12.6. The topological polar surface area (TPSA) is 36.9 Å². The van der Waals surface area contributed by atoms with E-state index in [4.69, 9.17) is 26.8 Å². The van der Waals surface area contributed by atoms with Crippen LogP contribution in [0.2, 0.25) is 0 Å². The summed E-state index contributed by atoms with van der Waals surface area (Å²) in [6, 6.07) is -0.443. The second-order valence-electron chi connectivity index (χ2n) is 5.26. The van der Waals surface area contributed by atoms with Crippen molar-refractivity contribution in [3.63, 3.8) is 0 Å². The number of hydrogen-bond donors (Lipinski definition) is 0. The Kier molecular flexibility index (Phi) is 7.99. The van der Waals surface area contributed by atoms with E-state index in [1.165, 1.54) is 12.8 Å². The minimum absolute atomic E-state index is 0.143. The van der Waals surface area contributed by atoms with Crippen molar-refractivity contribution >= 4 is 7.85 Å². The van der Waals surface area contributed by atoms with Crippen LogP contribution in [0.5, 0.6) is 0 Å². The quantitative estimate of drug-likeness (QED) is 0.473. The second-order valence-corrected chi connectivity index (χ2v) is 5.26. The van der Waals surface area contributed by atoms with Gasteiger partial charge in [-0.15, -0.1) is 0 Å². The van der Waals surface area contributed by atoms with Gasteiger partial charge in [0.05, 0.1) is 12.7 Å². The fraction of sp³-hybridized carbons (Fsp3) is 1.00. The van der Waals surface area contributed by atoms with E-state index in [9.17, 15) is 0 Å². The summed E-state index contributed by atoms with van der Waals surface area (Å²) < 4.78 is 22.6. The van der Waals surface area contributed by atoms with Gasteiger partial charge >= 0.3 is 0 Å². The lowest BCUT2D eigenvalue weighted by atomic mass is 9.93. The first-order valence-corrected chi connectivity index (χ1v) is 7.27. The van der Waals surface area contributed by atoms with Crippen LogP contribution in [0.15, 0.2) is 0 Å². The Morgan fingerprint density at radius 2 is 1.95 bits per heavy atom. The second kappa shape index (κ2) is 8.95. The largest absolute Gasteiger partial charge is 0.377 e. The predicted molar refractivity (Wildman–Crippen MR) is 75.6 cm³/mol. The summed E-state index contributed by atoms with van der Waals surface area (Å²) in [5.41, 5.74) is 0. The van der Waals surface area contributed by atoms with E-state index in [1.807, 2.05) is 13.8 Å². The van der Waals surface area contributed by atoms with Crippen molar-refractivity contribution in [1.82, 2.24) is 0 Å². The molecule has 0 amide bonds. The third-order valence-electron chi connectivity index (χ3n) is 3.27. The maximum atomic E-state index is 5.92. The van der Waals surface area contributed by atoms with Crippen LogP contribution in [0.1, 0.15) is 40.0 Å². The third kappa shape index (κ3) is 5.42. The molecule has 19 heavy (non-hydrogen) atoms. The third-order valence-corrected chi connectivity index (χ3v) is 3.27. The number of hydrogen-bond acceptors (Lipinski definition) is 4. The van der Waals surface area contributed by atoms with Gasteiger partial charge in [0.1, 0.15) is 26.2 Å². The number of ether oxygens (including phenoxy) is 4. The number of unbranched alkanes of at least 4 members (excludes halogenated alkanes) is 2. The van der Waals surface area contributed by atoms with Crippen LogP contribution in [0, 0.1) is 0 Å². The molecular formula is C14H27BO4. The van der Waals surface area contributed by atoms with E-state index >= 15 is 0 Å². The van der Waals surface area contributed by atoms with E-state index in [0.29, 0.717) is 13.2 Å². The molecule has 1 aliphatic heterocycles. The van der Waals surface area contributed by atoms with Crippen molar-refractivity contribution in [1.29, 1.82) is 0 Å². The molecule has 0 aromatic carbocycles. The fourth-order valence-electron chi connectivity index (χ4n) is 2.22. The van der Waals surface area contributed by atoms with Gasteiger partial charge in [0.2, 0.25) is 0 Å². The van der Waals surface area contributed by atoms with E-state index in [2.05, 4.69) is 6.92 Å². The summed E-state index contributed by atoms with van der Waals surface area (Å²) in [7, 11) is 7.57. The van der Waals surface area contributed by atoms with Crippen LogP contribution in [0.4, 0.5) is 0 Å². The summed E-state index contributed by atoms with van der Waals surface area (Å²) in [5, 5.41) is 0. The summed E-state index contributed by atoms with van der Waals surface area (Å²) in [6.45, 7) is 7.38. The molecule has 2 unspecified atom stereocenters. The van der Waals surface area contributed by atoms with Gasteiger partial charge in [-0.25, -0.2) is 0 Å². The molecule has 4 nitrogen and oxygen atoms in total. The van der Waals surface area contributed by atoms with Gasteiger partial charge in [0.25, 0.3) is 0 Å². The molecule has 4 atom stereocenters. The Hall–Kier alpha value is -0.0951. The Labute approximate surface area is 118 Å². The number of rotatable bonds is 9.